The molecule has 2 saturated heterocycles. The number of piperidine rings is 1. The fraction of sp³-hybridized carbons (Fsp3) is 0.692. The number of aliphatic hydroxyl groups is 1. The Morgan fingerprint density at radius 3 is 2.42 bits per heavy atom. The van der Waals surface area contributed by atoms with Crippen molar-refractivity contribution >= 4 is 23.4 Å². The maximum absolute atomic E-state index is 13.4. The van der Waals surface area contributed by atoms with E-state index in [0.29, 0.717) is 36.9 Å². The number of rotatable bonds is 7. The quantitative estimate of drug-likeness (QED) is 0.653. The molecule has 3 aliphatic rings. The highest BCUT2D eigenvalue weighted by Crippen LogP contribution is 2.33. The number of carbonyl (C=O) groups excluding carboxylic acids is 2. The van der Waals surface area contributed by atoms with Gasteiger partial charge in [-0.3, -0.25) is 9.59 Å². The summed E-state index contributed by atoms with van der Waals surface area (Å²) in [6.07, 6.45) is 8.49. The van der Waals surface area contributed by atoms with Gasteiger partial charge in [0.05, 0.1) is 11.5 Å². The molecule has 2 amide bonds. The first-order valence-corrected chi connectivity index (χ1v) is 13.0. The number of benzene rings is 1. The molecule has 1 saturated carbocycles. The van der Waals surface area contributed by atoms with Crippen molar-refractivity contribution in [3.05, 3.63) is 34.9 Å². The first-order chi connectivity index (χ1) is 15.9. The second kappa shape index (κ2) is 10.7. The summed E-state index contributed by atoms with van der Waals surface area (Å²) >= 11 is 6.00. The third kappa shape index (κ3) is 5.90. The first-order valence-electron chi connectivity index (χ1n) is 12.6. The van der Waals surface area contributed by atoms with Crippen LogP contribution in [-0.2, 0) is 15.2 Å². The van der Waals surface area contributed by atoms with Crippen molar-refractivity contribution in [3.63, 3.8) is 0 Å². The van der Waals surface area contributed by atoms with Crippen LogP contribution in [0, 0.1) is 5.92 Å². The second-order valence-corrected chi connectivity index (χ2v) is 10.7. The monoisotopic (exact) mass is 475 g/mol. The van der Waals surface area contributed by atoms with Gasteiger partial charge in [-0.05, 0) is 56.3 Å². The number of nitrogens with zero attached hydrogens (tertiary/aromatic N) is 3. The smallest absolute Gasteiger partial charge is 0.228 e. The SMILES string of the molecule is CN1CC(C(=O)N(CCCN2CCC(O)(c3ccc(Cl)cc3)CC2)C2CCCCC2)CC1=O. The van der Waals surface area contributed by atoms with Crippen LogP contribution >= 0.6 is 11.6 Å². The molecule has 6 nitrogen and oxygen atoms in total. The molecule has 1 atom stereocenters. The van der Waals surface area contributed by atoms with E-state index >= 15 is 0 Å². The Balaban J connectivity index is 1.30. The maximum Gasteiger partial charge on any atom is 0.228 e. The number of hydrogen-bond acceptors (Lipinski definition) is 4. The van der Waals surface area contributed by atoms with Gasteiger partial charge >= 0.3 is 0 Å². The van der Waals surface area contributed by atoms with Crippen molar-refractivity contribution in [2.75, 3.05) is 39.8 Å². The molecule has 1 aromatic rings. The molecule has 1 N–H and O–H groups in total. The van der Waals surface area contributed by atoms with Crippen LogP contribution in [0.4, 0.5) is 0 Å². The largest absolute Gasteiger partial charge is 0.385 e. The summed E-state index contributed by atoms with van der Waals surface area (Å²) in [4.78, 5) is 31.6. The number of amides is 2. The lowest BCUT2D eigenvalue weighted by molar-refractivity contribution is -0.139. The molecule has 7 heteroatoms. The van der Waals surface area contributed by atoms with Crippen molar-refractivity contribution in [1.82, 2.24) is 14.7 Å². The van der Waals surface area contributed by atoms with Crippen molar-refractivity contribution in [3.8, 4) is 0 Å². The Morgan fingerprint density at radius 2 is 1.82 bits per heavy atom. The number of halogens is 1. The zero-order chi connectivity index (χ0) is 23.4. The van der Waals surface area contributed by atoms with E-state index in [2.05, 4.69) is 9.80 Å². The molecule has 1 aromatic carbocycles. The van der Waals surface area contributed by atoms with E-state index in [1.807, 2.05) is 24.3 Å². The minimum absolute atomic E-state index is 0.0819. The highest BCUT2D eigenvalue weighted by Gasteiger charge is 2.37. The summed E-state index contributed by atoms with van der Waals surface area (Å²) in [6.45, 7) is 3.93. The Morgan fingerprint density at radius 1 is 1.15 bits per heavy atom. The van der Waals surface area contributed by atoms with Crippen LogP contribution in [0.5, 0.6) is 0 Å². The molecule has 0 bridgehead atoms. The normalized spacial score (nSPS) is 24.3. The van der Waals surface area contributed by atoms with Crippen molar-refractivity contribution < 1.29 is 14.7 Å². The predicted molar refractivity (Wildman–Crippen MR) is 130 cm³/mol. The van der Waals surface area contributed by atoms with Gasteiger partial charge in [-0.1, -0.05) is 43.0 Å². The molecule has 1 unspecified atom stereocenters. The first kappa shape index (κ1) is 24.5. The molecule has 0 spiro atoms. The van der Waals surface area contributed by atoms with Crippen LogP contribution in [-0.4, -0.2) is 77.4 Å². The van der Waals surface area contributed by atoms with Crippen LogP contribution < -0.4 is 0 Å². The van der Waals surface area contributed by atoms with Gasteiger partial charge in [0.25, 0.3) is 0 Å². The van der Waals surface area contributed by atoms with Gasteiger partial charge in [-0.2, -0.15) is 0 Å². The molecule has 2 heterocycles. The molecular formula is C26H38ClN3O3. The predicted octanol–water partition coefficient (Wildman–Crippen LogP) is 3.65. The molecule has 2 aliphatic heterocycles. The lowest BCUT2D eigenvalue weighted by atomic mass is 9.84. The highest BCUT2D eigenvalue weighted by molar-refractivity contribution is 6.30. The summed E-state index contributed by atoms with van der Waals surface area (Å²) in [5.41, 5.74) is 0.156. The average molecular weight is 476 g/mol. The molecule has 3 fully saturated rings. The van der Waals surface area contributed by atoms with E-state index in [1.165, 1.54) is 19.3 Å². The van der Waals surface area contributed by atoms with Crippen LogP contribution in [0.3, 0.4) is 0 Å². The Labute approximate surface area is 202 Å². The summed E-state index contributed by atoms with van der Waals surface area (Å²) in [7, 11) is 1.79. The van der Waals surface area contributed by atoms with Gasteiger partial charge in [0.2, 0.25) is 11.8 Å². The van der Waals surface area contributed by atoms with Gasteiger partial charge in [-0.15, -0.1) is 0 Å². The molecule has 4 rings (SSSR count). The van der Waals surface area contributed by atoms with Crippen molar-refractivity contribution in [2.24, 2.45) is 5.92 Å². The van der Waals surface area contributed by atoms with E-state index in [-0.39, 0.29) is 17.7 Å². The standard InChI is InChI=1S/C26H38ClN3O3/c1-28-19-20(18-24(28)31)25(32)30(23-6-3-2-4-7-23)15-5-14-29-16-12-26(33,13-17-29)21-8-10-22(27)11-9-21/h8-11,20,23,33H,2-7,12-19H2,1H3. The Kier molecular flexibility index (Phi) is 7.98. The number of carbonyl (C=O) groups is 2. The minimum Gasteiger partial charge on any atom is -0.385 e. The van der Waals surface area contributed by atoms with E-state index < -0.39 is 5.60 Å². The van der Waals surface area contributed by atoms with Crippen molar-refractivity contribution in [1.29, 1.82) is 0 Å². The molecule has 1 aliphatic carbocycles. The van der Waals surface area contributed by atoms with Gasteiger partial charge in [0, 0.05) is 50.7 Å². The molecule has 182 valence electrons. The van der Waals surface area contributed by atoms with Gasteiger partial charge in [-0.25, -0.2) is 0 Å². The molecule has 0 aromatic heterocycles. The van der Waals surface area contributed by atoms with Crippen LogP contribution in [0.15, 0.2) is 24.3 Å². The number of likely N-dealkylation sites (tertiary alicyclic amines) is 2. The Bertz CT molecular complexity index is 817. The highest BCUT2D eigenvalue weighted by atomic mass is 35.5. The zero-order valence-corrected chi connectivity index (χ0v) is 20.6. The third-order valence-corrected chi connectivity index (χ3v) is 8.18. The molecule has 0 radical (unpaired) electrons. The third-order valence-electron chi connectivity index (χ3n) is 7.93. The molecule has 33 heavy (non-hydrogen) atoms. The lowest BCUT2D eigenvalue weighted by Crippen LogP contribution is -2.47. The lowest BCUT2D eigenvalue weighted by Gasteiger charge is -2.39. The van der Waals surface area contributed by atoms with Crippen molar-refractivity contribution in [2.45, 2.75) is 69.4 Å². The zero-order valence-electron chi connectivity index (χ0n) is 19.8. The summed E-state index contributed by atoms with van der Waals surface area (Å²) in [5.74, 6) is 0.0718. The average Bonchev–Trinajstić information content (AvgIpc) is 3.17. The van der Waals surface area contributed by atoms with Crippen LogP contribution in [0.1, 0.15) is 63.4 Å². The summed E-state index contributed by atoms with van der Waals surface area (Å²) < 4.78 is 0. The van der Waals surface area contributed by atoms with E-state index in [4.69, 9.17) is 11.6 Å². The second-order valence-electron chi connectivity index (χ2n) is 10.2. The van der Waals surface area contributed by atoms with Crippen LogP contribution in [0.2, 0.25) is 5.02 Å². The van der Waals surface area contributed by atoms with E-state index in [1.54, 1.807) is 11.9 Å². The minimum atomic E-state index is -0.785. The Hall–Kier alpha value is -1.63. The maximum atomic E-state index is 13.4. The fourth-order valence-electron chi connectivity index (χ4n) is 5.79. The van der Waals surface area contributed by atoms with E-state index in [0.717, 1.165) is 51.0 Å². The van der Waals surface area contributed by atoms with Crippen LogP contribution in [0.25, 0.3) is 0 Å². The summed E-state index contributed by atoms with van der Waals surface area (Å²) in [6, 6.07) is 7.86. The van der Waals surface area contributed by atoms with Gasteiger partial charge < -0.3 is 19.8 Å². The number of hydrogen-bond donors (Lipinski definition) is 1. The van der Waals surface area contributed by atoms with Gasteiger partial charge in [0.15, 0.2) is 0 Å². The van der Waals surface area contributed by atoms with Gasteiger partial charge in [0.1, 0.15) is 0 Å². The topological polar surface area (TPSA) is 64.1 Å². The summed E-state index contributed by atoms with van der Waals surface area (Å²) in [5, 5.41) is 11.8. The molecular weight excluding hydrogens is 438 g/mol. The fourth-order valence-corrected chi connectivity index (χ4v) is 5.91. The van der Waals surface area contributed by atoms with E-state index in [9.17, 15) is 14.7 Å².